The van der Waals surface area contributed by atoms with Gasteiger partial charge in [0.15, 0.2) is 0 Å². The highest BCUT2D eigenvalue weighted by Crippen LogP contribution is 2.34. The van der Waals surface area contributed by atoms with Crippen molar-refractivity contribution in [1.82, 2.24) is 0 Å². The number of benzene rings is 1. The fourth-order valence-corrected chi connectivity index (χ4v) is 1.50. The Morgan fingerprint density at radius 1 is 1.43 bits per heavy atom. The summed E-state index contributed by atoms with van der Waals surface area (Å²) in [6.07, 6.45) is 0. The summed E-state index contributed by atoms with van der Waals surface area (Å²) in [5.41, 5.74) is 5.88. The zero-order valence-electron chi connectivity index (χ0n) is 7.34. The lowest BCUT2D eigenvalue weighted by atomic mass is 10.3. The van der Waals surface area contributed by atoms with E-state index in [-0.39, 0.29) is 5.91 Å². The first-order valence-electron chi connectivity index (χ1n) is 3.72. The van der Waals surface area contributed by atoms with Crippen molar-refractivity contribution in [3.05, 3.63) is 22.2 Å². The Labute approximate surface area is 90.7 Å². The fourth-order valence-electron chi connectivity index (χ4n) is 0.930. The van der Waals surface area contributed by atoms with Crippen LogP contribution in [0.25, 0.3) is 0 Å². The zero-order valence-corrected chi connectivity index (χ0v) is 8.86. The van der Waals surface area contributed by atoms with Crippen LogP contribution in [0.3, 0.4) is 0 Å². The van der Waals surface area contributed by atoms with Crippen molar-refractivity contribution in [1.29, 1.82) is 0 Å². The SMILES string of the molecule is CC(=O)Nc1c(Cl)cc(N=[NH2+])cc1Cl. The molecule has 0 aromatic heterocycles. The van der Waals surface area contributed by atoms with E-state index in [1.54, 1.807) is 0 Å². The summed E-state index contributed by atoms with van der Waals surface area (Å²) < 4.78 is 0. The second-order valence-electron chi connectivity index (χ2n) is 2.59. The maximum Gasteiger partial charge on any atom is 0.221 e. The quantitative estimate of drug-likeness (QED) is 0.751. The monoisotopic (exact) mass is 232 g/mol. The lowest BCUT2D eigenvalue weighted by molar-refractivity contribution is -0.210. The van der Waals surface area contributed by atoms with Gasteiger partial charge in [-0.2, -0.15) is 5.53 Å². The van der Waals surface area contributed by atoms with Gasteiger partial charge in [0.1, 0.15) is 5.69 Å². The van der Waals surface area contributed by atoms with Gasteiger partial charge in [-0.05, 0) is 17.2 Å². The predicted molar refractivity (Wildman–Crippen MR) is 54.8 cm³/mol. The van der Waals surface area contributed by atoms with Gasteiger partial charge in [0.25, 0.3) is 0 Å². The molecule has 0 saturated carbocycles. The Hall–Kier alpha value is -1.13. The molecule has 1 aromatic carbocycles. The van der Waals surface area contributed by atoms with Crippen LogP contribution < -0.4 is 10.8 Å². The van der Waals surface area contributed by atoms with Crippen LogP contribution >= 0.6 is 23.2 Å². The normalized spacial score (nSPS) is 9.64. The van der Waals surface area contributed by atoms with Gasteiger partial charge in [0.05, 0.1) is 15.7 Å². The molecule has 0 radical (unpaired) electrons. The van der Waals surface area contributed by atoms with E-state index >= 15 is 0 Å². The van der Waals surface area contributed by atoms with Crippen LogP contribution in [0.2, 0.25) is 10.0 Å². The van der Waals surface area contributed by atoms with E-state index in [2.05, 4.69) is 10.4 Å². The van der Waals surface area contributed by atoms with E-state index < -0.39 is 0 Å². The number of carbonyl (C=O) groups excluding carboxylic acids is 1. The molecule has 0 spiro atoms. The average Bonchev–Trinajstić information content (AvgIpc) is 2.10. The van der Waals surface area contributed by atoms with Gasteiger partial charge in [-0.1, -0.05) is 23.2 Å². The lowest BCUT2D eigenvalue weighted by Crippen LogP contribution is -2.21. The van der Waals surface area contributed by atoms with Crippen LogP contribution in [0, 0.1) is 0 Å². The summed E-state index contributed by atoms with van der Waals surface area (Å²) in [7, 11) is 0. The minimum Gasteiger partial charge on any atom is -0.324 e. The third kappa shape index (κ3) is 2.43. The fraction of sp³-hybridized carbons (Fsp3) is 0.125. The summed E-state index contributed by atoms with van der Waals surface area (Å²) in [6.45, 7) is 1.37. The van der Waals surface area contributed by atoms with Crippen molar-refractivity contribution in [3.8, 4) is 0 Å². The number of rotatable bonds is 2. The molecule has 1 amide bonds. The van der Waals surface area contributed by atoms with Crippen molar-refractivity contribution < 1.29 is 10.3 Å². The number of amides is 1. The molecule has 0 heterocycles. The summed E-state index contributed by atoms with van der Waals surface area (Å²) in [6, 6.07) is 3.03. The summed E-state index contributed by atoms with van der Waals surface area (Å²) in [5, 5.41) is 6.54. The Bertz CT molecular complexity index is 369. The molecule has 6 heteroatoms. The first kappa shape index (κ1) is 10.9. The molecular formula is C8H8Cl2N3O+. The minimum atomic E-state index is -0.244. The van der Waals surface area contributed by atoms with E-state index in [0.717, 1.165) is 0 Å². The molecule has 0 fully saturated rings. The van der Waals surface area contributed by atoms with Crippen molar-refractivity contribution in [2.45, 2.75) is 6.92 Å². The summed E-state index contributed by atoms with van der Waals surface area (Å²) in [4.78, 5) is 10.8. The number of hydrogen-bond donors (Lipinski definition) is 2. The smallest absolute Gasteiger partial charge is 0.221 e. The number of carbonyl (C=O) groups is 1. The second kappa shape index (κ2) is 4.39. The second-order valence-corrected chi connectivity index (χ2v) is 3.41. The molecule has 3 N–H and O–H groups in total. The third-order valence-electron chi connectivity index (χ3n) is 1.48. The van der Waals surface area contributed by atoms with E-state index in [0.29, 0.717) is 21.4 Å². The van der Waals surface area contributed by atoms with Gasteiger partial charge in [-0.25, -0.2) is 0 Å². The highest BCUT2D eigenvalue weighted by molar-refractivity contribution is 6.40. The first-order valence-corrected chi connectivity index (χ1v) is 4.47. The van der Waals surface area contributed by atoms with E-state index in [9.17, 15) is 4.79 Å². The maximum absolute atomic E-state index is 10.8. The molecule has 4 nitrogen and oxygen atoms in total. The van der Waals surface area contributed by atoms with Crippen molar-refractivity contribution in [2.75, 3.05) is 5.32 Å². The molecule has 1 rings (SSSR count). The molecule has 0 atom stereocenters. The largest absolute Gasteiger partial charge is 0.324 e. The summed E-state index contributed by atoms with van der Waals surface area (Å²) in [5.74, 6) is -0.244. The number of hydrogen-bond acceptors (Lipinski definition) is 2. The molecular weight excluding hydrogens is 225 g/mol. The van der Waals surface area contributed by atoms with Crippen molar-refractivity contribution in [3.63, 3.8) is 0 Å². The molecule has 74 valence electrons. The predicted octanol–water partition coefficient (Wildman–Crippen LogP) is 1.79. The van der Waals surface area contributed by atoms with Gasteiger partial charge < -0.3 is 5.32 Å². The van der Waals surface area contributed by atoms with Crippen LogP contribution in [0.5, 0.6) is 0 Å². The van der Waals surface area contributed by atoms with Gasteiger partial charge in [-0.3, -0.25) is 4.79 Å². The molecule has 0 aliphatic heterocycles. The highest BCUT2D eigenvalue weighted by Gasteiger charge is 2.09. The Kier molecular flexibility index (Phi) is 3.43. The van der Waals surface area contributed by atoms with Crippen molar-refractivity contribution >= 4 is 40.5 Å². The van der Waals surface area contributed by atoms with E-state index in [4.69, 9.17) is 28.7 Å². The zero-order chi connectivity index (χ0) is 10.7. The molecule has 14 heavy (non-hydrogen) atoms. The Morgan fingerprint density at radius 2 is 1.93 bits per heavy atom. The van der Waals surface area contributed by atoms with Gasteiger partial charge >= 0.3 is 0 Å². The number of nitrogens with two attached hydrogens (primary N) is 1. The highest BCUT2D eigenvalue weighted by atomic mass is 35.5. The Morgan fingerprint density at radius 3 is 2.29 bits per heavy atom. The summed E-state index contributed by atoms with van der Waals surface area (Å²) >= 11 is 11.7. The van der Waals surface area contributed by atoms with Gasteiger partial charge in [-0.15, -0.1) is 0 Å². The lowest BCUT2D eigenvalue weighted by Gasteiger charge is -2.06. The third-order valence-corrected chi connectivity index (χ3v) is 2.07. The van der Waals surface area contributed by atoms with E-state index in [1.165, 1.54) is 19.1 Å². The van der Waals surface area contributed by atoms with Crippen LogP contribution in [-0.2, 0) is 4.79 Å². The molecule has 0 aliphatic rings. The van der Waals surface area contributed by atoms with Crippen LogP contribution in [0.1, 0.15) is 6.92 Å². The first-order chi connectivity index (χ1) is 6.54. The van der Waals surface area contributed by atoms with Crippen LogP contribution in [0.4, 0.5) is 11.4 Å². The van der Waals surface area contributed by atoms with Crippen LogP contribution in [-0.4, -0.2) is 5.91 Å². The molecule has 1 aromatic rings. The van der Waals surface area contributed by atoms with Gasteiger partial charge in [0, 0.05) is 6.92 Å². The maximum atomic E-state index is 10.8. The Balaban J connectivity index is 3.17. The molecule has 0 bridgehead atoms. The van der Waals surface area contributed by atoms with E-state index in [1.807, 2.05) is 0 Å². The van der Waals surface area contributed by atoms with Crippen molar-refractivity contribution in [2.24, 2.45) is 5.11 Å². The number of anilines is 1. The molecule has 0 unspecified atom stereocenters. The average molecular weight is 233 g/mol. The topological polar surface area (TPSA) is 67.0 Å². The number of halogens is 2. The van der Waals surface area contributed by atoms with Crippen LogP contribution in [0.15, 0.2) is 17.2 Å². The molecule has 0 saturated heterocycles. The minimum absolute atomic E-state index is 0.244. The standard InChI is InChI=1S/C8H7Cl2N3O/c1-4(14)12-8-6(9)2-5(13-11)3-7(8)10/h2-3,11H,1H3,(H,12,14)/p+1. The number of nitrogens with one attached hydrogen (secondary N) is 1. The molecule has 0 aliphatic carbocycles. The van der Waals surface area contributed by atoms with Gasteiger partial charge in [0.2, 0.25) is 5.91 Å². The number of nitrogens with zero attached hydrogens (tertiary/aromatic N) is 1.